The molecular formula is C27H25F6N3O5S. The predicted molar refractivity (Wildman–Crippen MR) is 141 cm³/mol. The van der Waals surface area contributed by atoms with Gasteiger partial charge in [0.1, 0.15) is 5.84 Å². The number of halogens is 6. The first-order valence-corrected chi connectivity index (χ1v) is 13.2. The summed E-state index contributed by atoms with van der Waals surface area (Å²) in [7, 11) is 0. The van der Waals surface area contributed by atoms with Gasteiger partial charge in [-0.15, -0.1) is 6.42 Å². The molecule has 0 radical (unpaired) electrons. The summed E-state index contributed by atoms with van der Waals surface area (Å²) in [5.74, 6) is 1.13. The summed E-state index contributed by atoms with van der Waals surface area (Å²) in [6, 6.07) is 1.84. The number of benzene rings is 1. The van der Waals surface area contributed by atoms with E-state index in [0.717, 1.165) is 35.6 Å². The van der Waals surface area contributed by atoms with E-state index in [0.29, 0.717) is 37.1 Å². The zero-order valence-electron chi connectivity index (χ0n) is 21.7. The minimum Gasteiger partial charge on any atom is -0.478 e. The number of rotatable bonds is 6. The maximum Gasteiger partial charge on any atom is 0.416 e. The average molecular weight is 618 g/mol. The number of terminal acetylenes is 1. The highest BCUT2D eigenvalue weighted by Crippen LogP contribution is 2.45. The van der Waals surface area contributed by atoms with Crippen LogP contribution in [-0.2, 0) is 28.5 Å². The van der Waals surface area contributed by atoms with Crippen LogP contribution >= 0.6 is 11.8 Å². The van der Waals surface area contributed by atoms with Crippen molar-refractivity contribution in [1.29, 1.82) is 0 Å². The van der Waals surface area contributed by atoms with Gasteiger partial charge in [0.05, 0.1) is 22.6 Å². The van der Waals surface area contributed by atoms with Gasteiger partial charge in [-0.2, -0.15) is 31.3 Å². The number of carbonyl (C=O) groups excluding carboxylic acids is 1. The number of nitrogens with one attached hydrogen (secondary N) is 1. The number of nitrogens with zero attached hydrogens (tertiary/aromatic N) is 2. The van der Waals surface area contributed by atoms with Crippen molar-refractivity contribution in [2.24, 2.45) is 22.7 Å². The van der Waals surface area contributed by atoms with Gasteiger partial charge in [0.15, 0.2) is 0 Å². The molecule has 2 fully saturated rings. The highest BCUT2D eigenvalue weighted by molar-refractivity contribution is 8.18. The van der Waals surface area contributed by atoms with Crippen LogP contribution in [0.2, 0.25) is 0 Å². The summed E-state index contributed by atoms with van der Waals surface area (Å²) in [4.78, 5) is 37.3. The van der Waals surface area contributed by atoms with Gasteiger partial charge in [-0.1, -0.05) is 18.1 Å². The molecule has 1 saturated carbocycles. The number of carboxylic acid groups (broad SMARTS) is 2. The van der Waals surface area contributed by atoms with Gasteiger partial charge < -0.3 is 15.5 Å². The molecule has 2 heterocycles. The third kappa shape index (κ3) is 9.12. The molecule has 0 aromatic heterocycles. The van der Waals surface area contributed by atoms with E-state index >= 15 is 0 Å². The second-order valence-electron chi connectivity index (χ2n) is 9.74. The second-order valence-corrected chi connectivity index (χ2v) is 10.7. The number of aliphatic carboxylic acids is 2. The SMILES string of the molecule is C#CCNC1=NC(=O)S/C1=C\[C@@H]1C[C@@H]2CN(Cc3ccc(C(F)(F)F)cc3C(F)(F)F)C[C@@H]2C1.O=C(O)/C=C\C(=O)O. The Bertz CT molecular complexity index is 1320. The van der Waals surface area contributed by atoms with Crippen LogP contribution in [0, 0.1) is 30.1 Å². The van der Waals surface area contributed by atoms with Crippen LogP contribution in [0.5, 0.6) is 0 Å². The fraction of sp³-hybridized carbons (Fsp3) is 0.407. The summed E-state index contributed by atoms with van der Waals surface area (Å²) in [5.41, 5.74) is -2.70. The van der Waals surface area contributed by atoms with Gasteiger partial charge in [-0.25, -0.2) is 9.59 Å². The van der Waals surface area contributed by atoms with Crippen LogP contribution in [0.4, 0.5) is 31.1 Å². The quantitative estimate of drug-likeness (QED) is 0.225. The number of amides is 1. The Labute approximate surface area is 240 Å². The topological polar surface area (TPSA) is 119 Å². The van der Waals surface area contributed by atoms with Gasteiger partial charge in [0, 0.05) is 31.8 Å². The molecule has 3 aliphatic rings. The number of alkyl halides is 6. The number of likely N-dealkylation sites (tertiary alicyclic amines) is 1. The Kier molecular flexibility index (Phi) is 10.5. The first-order chi connectivity index (χ1) is 19.6. The van der Waals surface area contributed by atoms with Crippen molar-refractivity contribution < 1.29 is 50.9 Å². The van der Waals surface area contributed by atoms with Gasteiger partial charge >= 0.3 is 29.5 Å². The monoisotopic (exact) mass is 617 g/mol. The molecule has 42 heavy (non-hydrogen) atoms. The maximum absolute atomic E-state index is 13.5. The van der Waals surface area contributed by atoms with Crippen LogP contribution < -0.4 is 5.32 Å². The Balaban J connectivity index is 0.000000531. The first kappa shape index (κ1) is 32.7. The third-order valence-electron chi connectivity index (χ3n) is 6.75. The molecule has 1 aromatic carbocycles. The molecule has 8 nitrogen and oxygen atoms in total. The van der Waals surface area contributed by atoms with Gasteiger partial charge in [0.2, 0.25) is 0 Å². The van der Waals surface area contributed by atoms with Crippen LogP contribution in [0.25, 0.3) is 0 Å². The third-order valence-corrected chi connectivity index (χ3v) is 7.56. The van der Waals surface area contributed by atoms with Crippen molar-refractivity contribution in [3.05, 3.63) is 58.0 Å². The van der Waals surface area contributed by atoms with E-state index in [1.807, 2.05) is 11.0 Å². The number of thioether (sulfide) groups is 1. The lowest BCUT2D eigenvalue weighted by atomic mass is 10.0. The molecule has 4 rings (SSSR count). The number of amidine groups is 1. The highest BCUT2D eigenvalue weighted by Gasteiger charge is 2.42. The molecule has 1 amide bonds. The van der Waals surface area contributed by atoms with Crippen molar-refractivity contribution in [1.82, 2.24) is 10.2 Å². The van der Waals surface area contributed by atoms with E-state index in [1.54, 1.807) is 0 Å². The van der Waals surface area contributed by atoms with E-state index in [2.05, 4.69) is 16.2 Å². The Morgan fingerprint density at radius 2 is 1.67 bits per heavy atom. The van der Waals surface area contributed by atoms with Gasteiger partial charge in [-0.05, 0) is 60.1 Å². The van der Waals surface area contributed by atoms with Crippen LogP contribution in [0.1, 0.15) is 29.5 Å². The highest BCUT2D eigenvalue weighted by atomic mass is 32.2. The molecule has 1 aromatic rings. The lowest BCUT2D eigenvalue weighted by Gasteiger charge is -2.22. The van der Waals surface area contributed by atoms with Crippen molar-refractivity contribution >= 4 is 34.8 Å². The summed E-state index contributed by atoms with van der Waals surface area (Å²) in [5, 5.41) is 18.2. The minimum atomic E-state index is -4.87. The average Bonchev–Trinajstić information content (AvgIpc) is 3.53. The molecule has 226 valence electrons. The molecule has 1 aliphatic carbocycles. The molecule has 2 aliphatic heterocycles. The number of hydrogen-bond acceptors (Lipinski definition) is 6. The molecule has 15 heteroatoms. The van der Waals surface area contributed by atoms with E-state index in [-0.39, 0.29) is 47.7 Å². The number of carbonyl (C=O) groups is 3. The molecule has 0 bridgehead atoms. The number of carboxylic acids is 2. The van der Waals surface area contributed by atoms with Crippen molar-refractivity contribution in [2.45, 2.75) is 31.7 Å². The van der Waals surface area contributed by atoms with Crippen molar-refractivity contribution in [3.8, 4) is 12.3 Å². The number of allylic oxidation sites excluding steroid dienone is 1. The zero-order valence-corrected chi connectivity index (χ0v) is 22.5. The predicted octanol–water partition coefficient (Wildman–Crippen LogP) is 5.27. The summed E-state index contributed by atoms with van der Waals surface area (Å²) >= 11 is 1.04. The number of aliphatic imine (C=N–C) groups is 1. The molecule has 0 spiro atoms. The normalized spacial score (nSPS) is 23.4. The Morgan fingerprint density at radius 1 is 1.07 bits per heavy atom. The molecular weight excluding hydrogens is 592 g/mol. The summed E-state index contributed by atoms with van der Waals surface area (Å²) in [6.45, 7) is 1.34. The first-order valence-electron chi connectivity index (χ1n) is 12.4. The molecule has 3 N–H and O–H groups in total. The lowest BCUT2D eigenvalue weighted by Crippen LogP contribution is -2.24. The van der Waals surface area contributed by atoms with Crippen LogP contribution in [-0.4, -0.2) is 57.8 Å². The van der Waals surface area contributed by atoms with Gasteiger partial charge in [0.25, 0.3) is 0 Å². The van der Waals surface area contributed by atoms with Crippen LogP contribution in [0.15, 0.2) is 46.3 Å². The van der Waals surface area contributed by atoms with Gasteiger partial charge in [-0.3, -0.25) is 9.69 Å². The van der Waals surface area contributed by atoms with Crippen molar-refractivity contribution in [3.63, 3.8) is 0 Å². The van der Waals surface area contributed by atoms with Crippen molar-refractivity contribution in [2.75, 3.05) is 19.6 Å². The van der Waals surface area contributed by atoms with E-state index in [9.17, 15) is 40.7 Å². The number of fused-ring (bicyclic) bond motifs is 1. The summed E-state index contributed by atoms with van der Waals surface area (Å²) in [6.07, 6.45) is 0.307. The minimum absolute atomic E-state index is 0.0527. The van der Waals surface area contributed by atoms with E-state index in [4.69, 9.17) is 16.6 Å². The fourth-order valence-electron chi connectivity index (χ4n) is 5.15. The molecule has 1 saturated heterocycles. The molecule has 3 atom stereocenters. The maximum atomic E-state index is 13.5. The lowest BCUT2D eigenvalue weighted by molar-refractivity contribution is -0.143. The standard InChI is InChI=1S/C23H21F6N3OS.C4H4O4/c1-2-5-30-20-19(34-21(33)31-20)8-13-6-15-11-32(12-16(15)7-13)10-14-3-4-17(22(24,25)26)9-18(14)23(27,28)29;5-3(6)1-2-4(7)8/h1,3-4,8-9,13,15-16H,5-7,10-12H2,(H,30,31,33);1-2H,(H,5,6)(H,7,8)/b19-8-;2-1-/t13-,15-,16+;. The smallest absolute Gasteiger partial charge is 0.416 e. The van der Waals surface area contributed by atoms with E-state index in [1.165, 1.54) is 0 Å². The second kappa shape index (κ2) is 13.5. The largest absolute Gasteiger partial charge is 0.478 e. The molecule has 0 unspecified atom stereocenters. The number of hydrogen-bond donors (Lipinski definition) is 3. The summed E-state index contributed by atoms with van der Waals surface area (Å²) < 4.78 is 79.1. The van der Waals surface area contributed by atoms with E-state index < -0.39 is 35.4 Å². The van der Waals surface area contributed by atoms with Crippen LogP contribution in [0.3, 0.4) is 0 Å². The Hall–Kier alpha value is -3.77. The zero-order chi connectivity index (χ0) is 31.2. The Morgan fingerprint density at radius 3 is 2.17 bits per heavy atom. The fourth-order valence-corrected chi connectivity index (χ4v) is 5.95.